The number of nitrogens with zero attached hydrogens (tertiary/aromatic N) is 1. The van der Waals surface area contributed by atoms with Crippen LogP contribution < -0.4 is 5.32 Å². The molecule has 108 valence electrons. The minimum Gasteiger partial charge on any atom is -0.481 e. The Morgan fingerprint density at radius 2 is 1.74 bits per heavy atom. The van der Waals surface area contributed by atoms with Gasteiger partial charge in [0, 0.05) is 19.4 Å². The number of carboxylic acid groups (broad SMARTS) is 2. The van der Waals surface area contributed by atoms with Crippen molar-refractivity contribution in [1.29, 1.82) is 0 Å². The van der Waals surface area contributed by atoms with Crippen molar-refractivity contribution < 1.29 is 24.6 Å². The van der Waals surface area contributed by atoms with Crippen LogP contribution in [-0.4, -0.2) is 58.6 Å². The molecule has 0 unspecified atom stereocenters. The molecule has 1 heterocycles. The van der Waals surface area contributed by atoms with Gasteiger partial charge in [-0.2, -0.15) is 0 Å². The Hall–Kier alpha value is -1.63. The van der Waals surface area contributed by atoms with E-state index in [1.54, 1.807) is 0 Å². The zero-order valence-corrected chi connectivity index (χ0v) is 10.8. The van der Waals surface area contributed by atoms with Gasteiger partial charge in [0.2, 0.25) is 5.91 Å². The number of hydrogen-bond acceptors (Lipinski definition) is 4. The van der Waals surface area contributed by atoms with Crippen molar-refractivity contribution in [2.24, 2.45) is 0 Å². The molecule has 1 aliphatic heterocycles. The molecule has 3 N–H and O–H groups in total. The molecule has 0 aromatic carbocycles. The fourth-order valence-corrected chi connectivity index (χ4v) is 2.06. The Labute approximate surface area is 111 Å². The molecule has 0 saturated carbocycles. The van der Waals surface area contributed by atoms with E-state index in [0.29, 0.717) is 6.54 Å². The predicted octanol–water partition coefficient (Wildman–Crippen LogP) is -0.0935. The quantitative estimate of drug-likeness (QED) is 0.570. The molecule has 0 radical (unpaired) electrons. The van der Waals surface area contributed by atoms with Gasteiger partial charge in [0.1, 0.15) is 6.04 Å². The molecule has 0 aliphatic carbocycles. The molecule has 7 nitrogen and oxygen atoms in total. The summed E-state index contributed by atoms with van der Waals surface area (Å²) in [7, 11) is 0. The number of amides is 1. The molecular weight excluding hydrogens is 252 g/mol. The third-order valence-corrected chi connectivity index (χ3v) is 3.13. The van der Waals surface area contributed by atoms with Gasteiger partial charge in [-0.05, 0) is 32.4 Å². The standard InChI is InChI=1S/C12H20N2O5/c15-10(5-8-14-6-1-2-7-14)13-9(12(18)19)3-4-11(16)17/h9H,1-8H2,(H,13,15)(H,16,17)(H,18,19)/t9-/m0/s1. The predicted molar refractivity (Wildman–Crippen MR) is 66.7 cm³/mol. The fraction of sp³-hybridized carbons (Fsp3) is 0.750. The second-order valence-electron chi connectivity index (χ2n) is 4.69. The van der Waals surface area contributed by atoms with Gasteiger partial charge in [0.25, 0.3) is 0 Å². The summed E-state index contributed by atoms with van der Waals surface area (Å²) < 4.78 is 0. The lowest BCUT2D eigenvalue weighted by molar-refractivity contribution is -0.143. The number of carbonyl (C=O) groups is 3. The van der Waals surface area contributed by atoms with Crippen LogP contribution in [0.2, 0.25) is 0 Å². The van der Waals surface area contributed by atoms with Crippen LogP contribution in [0.15, 0.2) is 0 Å². The largest absolute Gasteiger partial charge is 0.481 e. The van der Waals surface area contributed by atoms with Crippen molar-refractivity contribution >= 4 is 17.8 Å². The van der Waals surface area contributed by atoms with Crippen molar-refractivity contribution in [2.75, 3.05) is 19.6 Å². The molecule has 1 rings (SSSR count). The SMILES string of the molecule is O=C(O)CC[C@H](NC(=O)CCN1CCCC1)C(=O)O. The van der Waals surface area contributed by atoms with Gasteiger partial charge in [-0.25, -0.2) is 4.79 Å². The second kappa shape index (κ2) is 7.73. The van der Waals surface area contributed by atoms with E-state index in [-0.39, 0.29) is 25.2 Å². The smallest absolute Gasteiger partial charge is 0.326 e. The average Bonchev–Trinajstić information content (AvgIpc) is 2.84. The number of likely N-dealkylation sites (tertiary alicyclic amines) is 1. The molecule has 0 spiro atoms. The van der Waals surface area contributed by atoms with Crippen molar-refractivity contribution in [3.63, 3.8) is 0 Å². The van der Waals surface area contributed by atoms with Crippen LogP contribution in [0.4, 0.5) is 0 Å². The maximum atomic E-state index is 11.6. The van der Waals surface area contributed by atoms with E-state index in [2.05, 4.69) is 10.2 Å². The molecule has 19 heavy (non-hydrogen) atoms. The number of aliphatic carboxylic acids is 2. The summed E-state index contributed by atoms with van der Waals surface area (Å²) in [5.41, 5.74) is 0. The highest BCUT2D eigenvalue weighted by molar-refractivity contribution is 5.84. The first kappa shape index (κ1) is 15.4. The molecule has 1 fully saturated rings. The molecule has 1 saturated heterocycles. The summed E-state index contributed by atoms with van der Waals surface area (Å²) in [5.74, 6) is -2.61. The van der Waals surface area contributed by atoms with E-state index in [9.17, 15) is 14.4 Å². The Bertz CT molecular complexity index is 339. The first-order valence-electron chi connectivity index (χ1n) is 6.45. The summed E-state index contributed by atoms with van der Waals surface area (Å²) in [6.07, 6.45) is 2.15. The zero-order chi connectivity index (χ0) is 14.3. The summed E-state index contributed by atoms with van der Waals surface area (Å²) in [5, 5.41) is 19.8. The topological polar surface area (TPSA) is 107 Å². The Balaban J connectivity index is 2.29. The minimum atomic E-state index is -1.20. The summed E-state index contributed by atoms with van der Waals surface area (Å²) >= 11 is 0. The molecule has 7 heteroatoms. The number of nitrogens with one attached hydrogen (secondary N) is 1. The monoisotopic (exact) mass is 272 g/mol. The van der Waals surface area contributed by atoms with Gasteiger partial charge in [0.05, 0.1) is 0 Å². The normalized spacial score (nSPS) is 17.1. The highest BCUT2D eigenvalue weighted by Crippen LogP contribution is 2.07. The van der Waals surface area contributed by atoms with Gasteiger partial charge >= 0.3 is 11.9 Å². The van der Waals surface area contributed by atoms with Gasteiger partial charge in [-0.15, -0.1) is 0 Å². The summed E-state index contributed by atoms with van der Waals surface area (Å²) in [6.45, 7) is 2.58. The highest BCUT2D eigenvalue weighted by atomic mass is 16.4. The van der Waals surface area contributed by atoms with Gasteiger partial charge < -0.3 is 20.4 Å². The van der Waals surface area contributed by atoms with Crippen molar-refractivity contribution in [3.05, 3.63) is 0 Å². The number of hydrogen-bond donors (Lipinski definition) is 3. The fourth-order valence-electron chi connectivity index (χ4n) is 2.06. The third kappa shape index (κ3) is 6.19. The van der Waals surface area contributed by atoms with Crippen molar-refractivity contribution in [1.82, 2.24) is 10.2 Å². The lowest BCUT2D eigenvalue weighted by atomic mass is 10.1. The van der Waals surface area contributed by atoms with Crippen molar-refractivity contribution in [2.45, 2.75) is 38.1 Å². The molecular formula is C12H20N2O5. The first-order chi connectivity index (χ1) is 8.99. The number of carboxylic acids is 2. The van der Waals surface area contributed by atoms with Crippen LogP contribution in [0.3, 0.4) is 0 Å². The van der Waals surface area contributed by atoms with E-state index in [1.807, 2.05) is 0 Å². The van der Waals surface area contributed by atoms with Gasteiger partial charge in [-0.3, -0.25) is 9.59 Å². The van der Waals surface area contributed by atoms with Gasteiger partial charge in [0.15, 0.2) is 0 Å². The van der Waals surface area contributed by atoms with Crippen LogP contribution in [-0.2, 0) is 14.4 Å². The lowest BCUT2D eigenvalue weighted by Gasteiger charge is -2.16. The maximum Gasteiger partial charge on any atom is 0.326 e. The highest BCUT2D eigenvalue weighted by Gasteiger charge is 2.21. The molecule has 0 aromatic rings. The Morgan fingerprint density at radius 1 is 1.11 bits per heavy atom. The summed E-state index contributed by atoms with van der Waals surface area (Å²) in [6, 6.07) is -1.12. The van der Waals surface area contributed by atoms with E-state index < -0.39 is 18.0 Å². The molecule has 0 bridgehead atoms. The van der Waals surface area contributed by atoms with Crippen LogP contribution in [0.1, 0.15) is 32.1 Å². The van der Waals surface area contributed by atoms with Crippen LogP contribution in [0.25, 0.3) is 0 Å². The van der Waals surface area contributed by atoms with Crippen LogP contribution >= 0.6 is 0 Å². The molecule has 1 aliphatic rings. The lowest BCUT2D eigenvalue weighted by Crippen LogP contribution is -2.42. The third-order valence-electron chi connectivity index (χ3n) is 3.13. The molecule has 1 amide bonds. The second-order valence-corrected chi connectivity index (χ2v) is 4.69. The van der Waals surface area contributed by atoms with Crippen molar-refractivity contribution in [3.8, 4) is 0 Å². The maximum absolute atomic E-state index is 11.6. The first-order valence-corrected chi connectivity index (χ1v) is 6.45. The van der Waals surface area contributed by atoms with Crippen LogP contribution in [0.5, 0.6) is 0 Å². The number of carbonyl (C=O) groups excluding carboxylic acids is 1. The molecule has 1 atom stereocenters. The minimum absolute atomic E-state index is 0.0971. The van der Waals surface area contributed by atoms with Gasteiger partial charge in [-0.1, -0.05) is 0 Å². The van der Waals surface area contributed by atoms with Crippen LogP contribution in [0, 0.1) is 0 Å². The van der Waals surface area contributed by atoms with E-state index >= 15 is 0 Å². The average molecular weight is 272 g/mol. The summed E-state index contributed by atoms with van der Waals surface area (Å²) in [4.78, 5) is 35.1. The number of rotatable bonds is 8. The van der Waals surface area contributed by atoms with E-state index in [0.717, 1.165) is 25.9 Å². The Morgan fingerprint density at radius 3 is 2.26 bits per heavy atom. The van der Waals surface area contributed by atoms with E-state index in [4.69, 9.17) is 10.2 Å². The van der Waals surface area contributed by atoms with E-state index in [1.165, 1.54) is 0 Å². The molecule has 0 aromatic heterocycles. The Kier molecular flexibility index (Phi) is 6.27. The zero-order valence-electron chi connectivity index (χ0n) is 10.8.